The van der Waals surface area contributed by atoms with Crippen molar-refractivity contribution < 1.29 is 14.6 Å². The van der Waals surface area contributed by atoms with Gasteiger partial charge in [-0.1, -0.05) is 42.5 Å². The van der Waals surface area contributed by atoms with Crippen LogP contribution in [0.2, 0.25) is 0 Å². The van der Waals surface area contributed by atoms with Crippen LogP contribution in [0.1, 0.15) is 23.5 Å². The Morgan fingerprint density at radius 3 is 2.39 bits per heavy atom. The largest absolute Gasteiger partial charge is 0.494 e. The Hall–Kier alpha value is -2.84. The van der Waals surface area contributed by atoms with E-state index in [1.165, 1.54) is 24.3 Å². The topological polar surface area (TPSA) is 76.3 Å². The molecular formula is C18H15FN2O2. The first-order valence-corrected chi connectivity index (χ1v) is 7.18. The summed E-state index contributed by atoms with van der Waals surface area (Å²) in [5.74, 6) is -1.23. The van der Waals surface area contributed by atoms with Crippen LogP contribution in [0.25, 0.3) is 0 Å². The summed E-state index contributed by atoms with van der Waals surface area (Å²) in [7, 11) is 0. The molecular weight excluding hydrogens is 295 g/mol. The number of allylic oxidation sites excluding steroid dienone is 1. The summed E-state index contributed by atoms with van der Waals surface area (Å²) in [6.45, 7) is 0. The van der Waals surface area contributed by atoms with Gasteiger partial charge >= 0.3 is 0 Å². The number of nitrogens with one attached hydrogen (secondary N) is 1. The van der Waals surface area contributed by atoms with E-state index in [0.717, 1.165) is 5.56 Å². The van der Waals surface area contributed by atoms with Crippen molar-refractivity contribution in [3.05, 3.63) is 83.0 Å². The molecule has 0 aliphatic carbocycles. The number of nitrogens with zero attached hydrogens (tertiary/aromatic N) is 1. The second-order valence-electron chi connectivity index (χ2n) is 5.53. The summed E-state index contributed by atoms with van der Waals surface area (Å²) in [5.41, 5.74) is -0.178. The maximum Gasteiger partial charge on any atom is 0.201 e. The molecule has 4 nitrogen and oxygen atoms in total. The van der Waals surface area contributed by atoms with E-state index in [1.807, 2.05) is 36.4 Å². The van der Waals surface area contributed by atoms with Gasteiger partial charge in [0, 0.05) is 17.9 Å². The fraction of sp³-hybridized carbons (Fsp3) is 0.167. The van der Waals surface area contributed by atoms with Crippen molar-refractivity contribution in [1.82, 2.24) is 5.32 Å². The van der Waals surface area contributed by atoms with Crippen molar-refractivity contribution >= 4 is 0 Å². The van der Waals surface area contributed by atoms with Crippen LogP contribution in [-0.4, -0.2) is 10.2 Å². The average molecular weight is 310 g/mol. The van der Waals surface area contributed by atoms with Gasteiger partial charge in [0.2, 0.25) is 5.88 Å². The first-order valence-electron chi connectivity index (χ1n) is 7.18. The molecule has 2 aromatic rings. The van der Waals surface area contributed by atoms with Crippen molar-refractivity contribution in [1.29, 1.82) is 5.26 Å². The molecule has 116 valence electrons. The van der Waals surface area contributed by atoms with E-state index >= 15 is 0 Å². The summed E-state index contributed by atoms with van der Waals surface area (Å²) in [6.07, 6.45) is 0.148. The van der Waals surface area contributed by atoms with Crippen LogP contribution >= 0.6 is 0 Å². The third kappa shape index (κ3) is 2.77. The van der Waals surface area contributed by atoms with Gasteiger partial charge in [0.15, 0.2) is 5.72 Å². The van der Waals surface area contributed by atoms with Crippen LogP contribution in [0.3, 0.4) is 0 Å². The number of aliphatic hydroxyl groups excluding tert-OH is 1. The summed E-state index contributed by atoms with van der Waals surface area (Å²) < 4.78 is 13.1. The Labute approximate surface area is 133 Å². The molecule has 1 aliphatic heterocycles. The molecule has 1 heterocycles. The molecule has 0 fully saturated rings. The van der Waals surface area contributed by atoms with Gasteiger partial charge in [-0.25, -0.2) is 4.39 Å². The molecule has 3 rings (SSSR count). The highest BCUT2D eigenvalue weighted by atomic mass is 19.1. The molecule has 0 bridgehead atoms. The van der Waals surface area contributed by atoms with Crippen LogP contribution in [0.4, 0.5) is 4.39 Å². The predicted molar refractivity (Wildman–Crippen MR) is 82.5 cm³/mol. The Balaban J connectivity index is 2.05. The number of hydrogen-bond acceptors (Lipinski definition) is 4. The highest BCUT2D eigenvalue weighted by Gasteiger charge is 2.41. The highest BCUT2D eigenvalue weighted by molar-refractivity contribution is 5.42. The van der Waals surface area contributed by atoms with Crippen molar-refractivity contribution in [2.45, 2.75) is 18.1 Å². The van der Waals surface area contributed by atoms with Gasteiger partial charge < -0.3 is 15.5 Å². The second kappa shape index (κ2) is 5.75. The molecule has 0 spiro atoms. The molecule has 3 N–H and O–H groups in total. The minimum absolute atomic E-state index is 0.148. The van der Waals surface area contributed by atoms with Gasteiger partial charge in [0.05, 0.1) is 5.57 Å². The van der Waals surface area contributed by atoms with Crippen LogP contribution in [0, 0.1) is 17.1 Å². The van der Waals surface area contributed by atoms with E-state index in [0.29, 0.717) is 5.56 Å². The van der Waals surface area contributed by atoms with E-state index in [4.69, 9.17) is 0 Å². The molecule has 0 saturated heterocycles. The van der Waals surface area contributed by atoms with Gasteiger partial charge in [-0.15, -0.1) is 0 Å². The van der Waals surface area contributed by atoms with Gasteiger partial charge in [-0.3, -0.25) is 0 Å². The normalized spacial score (nSPS) is 24.0. The van der Waals surface area contributed by atoms with Crippen LogP contribution in [0.5, 0.6) is 0 Å². The van der Waals surface area contributed by atoms with Gasteiger partial charge in [-0.05, 0) is 17.7 Å². The number of nitriles is 1. The minimum atomic E-state index is -1.58. The quantitative estimate of drug-likeness (QED) is 0.797. The average Bonchev–Trinajstić information content (AvgIpc) is 2.55. The third-order valence-electron chi connectivity index (χ3n) is 4.07. The SMILES string of the molecule is N#CC1=C(O)NC(O)(c2ccc(F)cc2)CC1c1ccccc1. The van der Waals surface area contributed by atoms with E-state index in [9.17, 15) is 19.9 Å². The smallest absolute Gasteiger partial charge is 0.201 e. The summed E-state index contributed by atoms with van der Waals surface area (Å²) in [5, 5.41) is 33.0. The molecule has 5 heteroatoms. The van der Waals surface area contributed by atoms with Crippen molar-refractivity contribution in [3.63, 3.8) is 0 Å². The Morgan fingerprint density at radius 2 is 1.78 bits per heavy atom. The number of hydrogen-bond donors (Lipinski definition) is 3. The molecule has 0 radical (unpaired) electrons. The molecule has 0 saturated carbocycles. The number of benzene rings is 2. The van der Waals surface area contributed by atoms with Crippen LogP contribution in [-0.2, 0) is 5.72 Å². The lowest BCUT2D eigenvalue weighted by molar-refractivity contribution is -0.0231. The zero-order valence-electron chi connectivity index (χ0n) is 12.2. The van der Waals surface area contributed by atoms with Crippen molar-refractivity contribution in [2.75, 3.05) is 0 Å². The molecule has 0 aromatic heterocycles. The molecule has 1 aliphatic rings. The van der Waals surface area contributed by atoms with Crippen molar-refractivity contribution in [2.24, 2.45) is 0 Å². The highest BCUT2D eigenvalue weighted by Crippen LogP contribution is 2.40. The Kier molecular flexibility index (Phi) is 3.77. The molecule has 23 heavy (non-hydrogen) atoms. The van der Waals surface area contributed by atoms with Crippen LogP contribution < -0.4 is 5.32 Å². The fourth-order valence-electron chi connectivity index (χ4n) is 2.89. The molecule has 2 unspecified atom stereocenters. The Morgan fingerprint density at radius 1 is 1.13 bits per heavy atom. The standard InChI is InChI=1S/C18H15FN2O2/c19-14-8-6-13(7-9-14)18(23)10-15(12-4-2-1-3-5-12)16(11-20)17(22)21-18/h1-9,15,21-23H,10H2. The number of aliphatic hydroxyl groups is 2. The molecule has 0 amide bonds. The summed E-state index contributed by atoms with van der Waals surface area (Å²) in [4.78, 5) is 0. The van der Waals surface area contributed by atoms with E-state index in [-0.39, 0.29) is 17.9 Å². The lowest BCUT2D eigenvalue weighted by atomic mass is 9.80. The third-order valence-corrected chi connectivity index (χ3v) is 4.07. The van der Waals surface area contributed by atoms with Gasteiger partial charge in [0.1, 0.15) is 11.9 Å². The maximum atomic E-state index is 13.1. The number of halogens is 1. The predicted octanol–water partition coefficient (Wildman–Crippen LogP) is 3.04. The zero-order chi connectivity index (χ0) is 16.4. The lowest BCUT2D eigenvalue weighted by Gasteiger charge is -2.38. The monoisotopic (exact) mass is 310 g/mol. The lowest BCUT2D eigenvalue weighted by Crippen LogP contribution is -2.47. The van der Waals surface area contributed by atoms with Crippen LogP contribution in [0.15, 0.2) is 66.1 Å². The second-order valence-corrected chi connectivity index (χ2v) is 5.53. The van der Waals surface area contributed by atoms with Crippen molar-refractivity contribution in [3.8, 4) is 6.07 Å². The van der Waals surface area contributed by atoms with E-state index in [2.05, 4.69) is 5.32 Å². The molecule has 2 aromatic carbocycles. The molecule has 2 atom stereocenters. The van der Waals surface area contributed by atoms with Gasteiger partial charge in [-0.2, -0.15) is 5.26 Å². The summed E-state index contributed by atoms with van der Waals surface area (Å²) in [6, 6.07) is 16.6. The first-order chi connectivity index (χ1) is 11.0. The zero-order valence-corrected chi connectivity index (χ0v) is 12.2. The fourth-order valence-corrected chi connectivity index (χ4v) is 2.89. The summed E-state index contributed by atoms with van der Waals surface area (Å²) >= 11 is 0. The van der Waals surface area contributed by atoms with E-state index < -0.39 is 17.5 Å². The number of rotatable bonds is 2. The van der Waals surface area contributed by atoms with Gasteiger partial charge in [0.25, 0.3) is 0 Å². The maximum absolute atomic E-state index is 13.1. The Bertz CT molecular complexity index is 781. The minimum Gasteiger partial charge on any atom is -0.494 e. The van der Waals surface area contributed by atoms with E-state index in [1.54, 1.807) is 0 Å². The first kappa shape index (κ1) is 15.1.